The number of carbonyl (C=O) groups is 2. The topological polar surface area (TPSA) is 43.9 Å². The molecule has 0 N–H and O–H groups in total. The fourth-order valence-electron chi connectivity index (χ4n) is 3.18. The van der Waals surface area contributed by atoms with E-state index in [1.54, 1.807) is 12.1 Å². The van der Waals surface area contributed by atoms with Gasteiger partial charge in [0, 0.05) is 39.3 Å². The zero-order chi connectivity index (χ0) is 19.1. The molecule has 0 bridgehead atoms. The molecule has 2 amide bonds. The SMILES string of the molecule is CCN(CC)C(=O)CN1CCCN(C(=O)Cc2ccc(Cl)c(Cl)c2)CC1. The average Bonchev–Trinajstić information content (AvgIpc) is 2.85. The fraction of sp³-hybridized carbons (Fsp3) is 0.579. The van der Waals surface area contributed by atoms with Crippen LogP contribution in [-0.4, -0.2) is 72.3 Å². The molecule has 1 aromatic carbocycles. The number of amides is 2. The van der Waals surface area contributed by atoms with Gasteiger partial charge in [-0.25, -0.2) is 0 Å². The van der Waals surface area contributed by atoms with Crippen molar-refractivity contribution in [2.45, 2.75) is 26.7 Å². The zero-order valence-electron chi connectivity index (χ0n) is 15.5. The third kappa shape index (κ3) is 5.86. The van der Waals surface area contributed by atoms with Gasteiger partial charge in [0.25, 0.3) is 0 Å². The summed E-state index contributed by atoms with van der Waals surface area (Å²) in [5.74, 6) is 0.242. The van der Waals surface area contributed by atoms with Crippen LogP contribution in [0.3, 0.4) is 0 Å². The number of nitrogens with zero attached hydrogens (tertiary/aromatic N) is 3. The highest BCUT2D eigenvalue weighted by Gasteiger charge is 2.22. The minimum Gasteiger partial charge on any atom is -0.342 e. The first-order chi connectivity index (χ1) is 12.4. The van der Waals surface area contributed by atoms with E-state index >= 15 is 0 Å². The van der Waals surface area contributed by atoms with Crippen LogP contribution in [-0.2, 0) is 16.0 Å². The van der Waals surface area contributed by atoms with Crippen molar-refractivity contribution in [1.29, 1.82) is 0 Å². The predicted octanol–water partition coefficient (Wildman–Crippen LogP) is 2.94. The number of hydrogen-bond acceptors (Lipinski definition) is 3. The van der Waals surface area contributed by atoms with E-state index in [4.69, 9.17) is 23.2 Å². The summed E-state index contributed by atoms with van der Waals surface area (Å²) in [6.45, 7) is 8.80. The number of hydrogen-bond donors (Lipinski definition) is 0. The molecule has 26 heavy (non-hydrogen) atoms. The minimum atomic E-state index is 0.0836. The molecule has 144 valence electrons. The fourth-order valence-corrected chi connectivity index (χ4v) is 3.50. The summed E-state index contributed by atoms with van der Waals surface area (Å²) in [5, 5.41) is 0.958. The van der Waals surface area contributed by atoms with Gasteiger partial charge in [-0.05, 0) is 38.0 Å². The number of likely N-dealkylation sites (N-methyl/N-ethyl adjacent to an activating group) is 1. The van der Waals surface area contributed by atoms with Gasteiger partial charge >= 0.3 is 0 Å². The Morgan fingerprint density at radius 2 is 1.77 bits per heavy atom. The first-order valence-corrected chi connectivity index (χ1v) is 9.92. The van der Waals surface area contributed by atoms with Crippen molar-refractivity contribution < 1.29 is 9.59 Å². The molecule has 5 nitrogen and oxygen atoms in total. The summed E-state index contributed by atoms with van der Waals surface area (Å²) in [5.41, 5.74) is 0.863. The van der Waals surface area contributed by atoms with Gasteiger partial charge in [0.05, 0.1) is 23.0 Å². The Labute approximate surface area is 165 Å². The van der Waals surface area contributed by atoms with E-state index < -0.39 is 0 Å². The highest BCUT2D eigenvalue weighted by molar-refractivity contribution is 6.42. The molecule has 0 unspecified atom stereocenters. The van der Waals surface area contributed by atoms with Gasteiger partial charge in [0.1, 0.15) is 0 Å². The largest absolute Gasteiger partial charge is 0.342 e. The maximum atomic E-state index is 12.6. The molecule has 2 rings (SSSR count). The Kier molecular flexibility index (Phi) is 8.19. The van der Waals surface area contributed by atoms with E-state index in [0.29, 0.717) is 29.6 Å². The molecule has 0 saturated carbocycles. The molecule has 1 saturated heterocycles. The van der Waals surface area contributed by atoms with Crippen LogP contribution >= 0.6 is 23.2 Å². The molecule has 1 aliphatic heterocycles. The second-order valence-corrected chi connectivity index (χ2v) is 7.32. The van der Waals surface area contributed by atoms with Crippen LogP contribution in [0.15, 0.2) is 18.2 Å². The number of benzene rings is 1. The van der Waals surface area contributed by atoms with E-state index in [1.165, 1.54) is 0 Å². The summed E-state index contributed by atoms with van der Waals surface area (Å²) in [7, 11) is 0. The third-order valence-electron chi connectivity index (χ3n) is 4.76. The summed E-state index contributed by atoms with van der Waals surface area (Å²) in [6, 6.07) is 5.29. The maximum Gasteiger partial charge on any atom is 0.236 e. The van der Waals surface area contributed by atoms with Crippen LogP contribution in [0.2, 0.25) is 10.0 Å². The molecular formula is C19H27Cl2N3O2. The number of rotatable bonds is 6. The summed E-state index contributed by atoms with van der Waals surface area (Å²) < 4.78 is 0. The van der Waals surface area contributed by atoms with Crippen molar-refractivity contribution in [1.82, 2.24) is 14.7 Å². The van der Waals surface area contributed by atoms with Gasteiger partial charge in [-0.1, -0.05) is 29.3 Å². The number of halogens is 2. The third-order valence-corrected chi connectivity index (χ3v) is 5.49. The van der Waals surface area contributed by atoms with Crippen molar-refractivity contribution in [2.24, 2.45) is 0 Å². The van der Waals surface area contributed by atoms with Crippen molar-refractivity contribution in [3.8, 4) is 0 Å². The van der Waals surface area contributed by atoms with E-state index in [-0.39, 0.29) is 11.8 Å². The number of carbonyl (C=O) groups excluding carboxylic acids is 2. The molecule has 1 aliphatic rings. The molecule has 1 fully saturated rings. The van der Waals surface area contributed by atoms with Crippen LogP contribution in [0.5, 0.6) is 0 Å². The van der Waals surface area contributed by atoms with Gasteiger partial charge in [-0.3, -0.25) is 14.5 Å². The molecule has 1 aromatic rings. The molecule has 1 heterocycles. The first-order valence-electron chi connectivity index (χ1n) is 9.16. The van der Waals surface area contributed by atoms with Gasteiger partial charge in [-0.2, -0.15) is 0 Å². The molecule has 7 heteroatoms. The van der Waals surface area contributed by atoms with Crippen molar-refractivity contribution in [3.63, 3.8) is 0 Å². The Morgan fingerprint density at radius 1 is 1.04 bits per heavy atom. The van der Waals surface area contributed by atoms with E-state index in [1.807, 2.05) is 29.7 Å². The zero-order valence-corrected chi connectivity index (χ0v) is 17.0. The quantitative estimate of drug-likeness (QED) is 0.738. The summed E-state index contributed by atoms with van der Waals surface area (Å²) >= 11 is 12.0. The lowest BCUT2D eigenvalue weighted by molar-refractivity contribution is -0.132. The predicted molar refractivity (Wildman–Crippen MR) is 106 cm³/mol. The molecule has 0 aromatic heterocycles. The standard InChI is InChI=1S/C19H27Cl2N3O2/c1-3-23(4-2)19(26)14-22-8-5-9-24(11-10-22)18(25)13-15-6-7-16(20)17(21)12-15/h6-7,12H,3-5,8-11,13-14H2,1-2H3. The lowest BCUT2D eigenvalue weighted by atomic mass is 10.1. The first kappa shape index (κ1) is 21.0. The van der Waals surface area contributed by atoms with E-state index in [0.717, 1.165) is 44.7 Å². The van der Waals surface area contributed by atoms with Gasteiger partial charge in [0.2, 0.25) is 11.8 Å². The Bertz CT molecular complexity index is 635. The second-order valence-electron chi connectivity index (χ2n) is 6.50. The lowest BCUT2D eigenvalue weighted by Crippen LogP contribution is -2.42. The smallest absolute Gasteiger partial charge is 0.236 e. The van der Waals surface area contributed by atoms with Gasteiger partial charge in [-0.15, -0.1) is 0 Å². The molecule has 0 atom stereocenters. The van der Waals surface area contributed by atoms with Crippen LogP contribution in [0.25, 0.3) is 0 Å². The lowest BCUT2D eigenvalue weighted by Gasteiger charge is -2.25. The monoisotopic (exact) mass is 399 g/mol. The second kappa shape index (κ2) is 10.1. The Morgan fingerprint density at radius 3 is 2.42 bits per heavy atom. The van der Waals surface area contributed by atoms with Crippen LogP contribution in [0.1, 0.15) is 25.8 Å². The normalized spacial score (nSPS) is 15.6. The average molecular weight is 400 g/mol. The molecule has 0 aliphatic carbocycles. The van der Waals surface area contributed by atoms with Crippen molar-refractivity contribution >= 4 is 35.0 Å². The van der Waals surface area contributed by atoms with Gasteiger partial charge < -0.3 is 9.80 Å². The van der Waals surface area contributed by atoms with Crippen LogP contribution in [0, 0.1) is 0 Å². The Balaban J connectivity index is 1.88. The minimum absolute atomic E-state index is 0.0836. The van der Waals surface area contributed by atoms with Crippen LogP contribution < -0.4 is 0 Å². The van der Waals surface area contributed by atoms with Crippen molar-refractivity contribution in [3.05, 3.63) is 33.8 Å². The Hall–Kier alpha value is -1.30. The van der Waals surface area contributed by atoms with E-state index in [2.05, 4.69) is 4.90 Å². The van der Waals surface area contributed by atoms with Crippen LogP contribution in [0.4, 0.5) is 0 Å². The summed E-state index contributed by atoms with van der Waals surface area (Å²) in [6.07, 6.45) is 1.19. The highest BCUT2D eigenvalue weighted by atomic mass is 35.5. The maximum absolute atomic E-state index is 12.6. The van der Waals surface area contributed by atoms with Crippen molar-refractivity contribution in [2.75, 3.05) is 45.8 Å². The molecule has 0 spiro atoms. The molecule has 0 radical (unpaired) electrons. The summed E-state index contributed by atoms with van der Waals surface area (Å²) in [4.78, 5) is 30.8. The van der Waals surface area contributed by atoms with E-state index in [9.17, 15) is 9.59 Å². The molecular weight excluding hydrogens is 373 g/mol. The van der Waals surface area contributed by atoms with Gasteiger partial charge in [0.15, 0.2) is 0 Å². The highest BCUT2D eigenvalue weighted by Crippen LogP contribution is 2.23.